The molecule has 7 aromatic rings. The van der Waals surface area contributed by atoms with Crippen molar-refractivity contribution in [2.45, 2.75) is 94.0 Å². The maximum absolute atomic E-state index is 14.2. The van der Waals surface area contributed by atoms with Crippen molar-refractivity contribution in [3.8, 4) is 5.75 Å². The van der Waals surface area contributed by atoms with Crippen molar-refractivity contribution in [3.63, 3.8) is 0 Å². The van der Waals surface area contributed by atoms with E-state index >= 15 is 0 Å². The fraction of sp³-hybridized carbons (Fsp3) is 0.268. The molecule has 4 nitrogen and oxygen atoms in total. The number of alkyl halides is 24. The Hall–Kier alpha value is -7.75. The molecule has 0 spiro atoms. The first kappa shape index (κ1) is 64.8. The fourth-order valence-corrected chi connectivity index (χ4v) is 9.90. The van der Waals surface area contributed by atoms with E-state index < -0.39 is 201 Å². The normalized spacial score (nSPS) is 14.4. The van der Waals surface area contributed by atoms with Gasteiger partial charge in [0.15, 0.2) is 12.7 Å². The van der Waals surface area contributed by atoms with Crippen molar-refractivity contribution in [3.05, 3.63) is 207 Å². The molecule has 454 valence electrons. The zero-order chi connectivity index (χ0) is 63.1. The summed E-state index contributed by atoms with van der Waals surface area (Å²) in [5, 5.41) is 0. The summed E-state index contributed by atoms with van der Waals surface area (Å²) in [7, 11) is 0. The Morgan fingerprint density at radius 1 is 0.435 bits per heavy atom. The first-order valence-electron chi connectivity index (χ1n) is 24.6. The van der Waals surface area contributed by atoms with E-state index in [1.165, 1.54) is 37.7 Å². The van der Waals surface area contributed by atoms with Crippen molar-refractivity contribution in [2.24, 2.45) is 0 Å². The number of hydrogen-bond acceptors (Lipinski definition) is 3. The molecule has 0 bridgehead atoms. The molecule has 1 fully saturated rings. The third kappa shape index (κ3) is 15.6. The average molecular weight is 1240 g/mol. The van der Waals surface area contributed by atoms with Crippen molar-refractivity contribution in [1.82, 2.24) is 4.98 Å². The maximum Gasteiger partial charge on any atom is 0.416 e. The molecular formula is C56H37BF24N2O2. The lowest BCUT2D eigenvalue weighted by Crippen LogP contribution is -2.75. The highest BCUT2D eigenvalue weighted by molar-refractivity contribution is 7.20. The first-order valence-corrected chi connectivity index (χ1v) is 24.6. The van der Waals surface area contributed by atoms with Gasteiger partial charge >= 0.3 is 55.4 Å². The largest absolute Gasteiger partial charge is 0.422 e. The Morgan fingerprint density at radius 3 is 1.06 bits per heavy atom. The predicted octanol–water partition coefficient (Wildman–Crippen LogP) is 15.9. The van der Waals surface area contributed by atoms with Crippen molar-refractivity contribution >= 4 is 34.0 Å². The van der Waals surface area contributed by atoms with E-state index in [9.17, 15) is 110 Å². The number of carbonyl (C=O) groups excluding carboxylic acids is 1. The molecule has 1 aromatic heterocycles. The van der Waals surface area contributed by atoms with Crippen LogP contribution in [0.4, 0.5) is 105 Å². The quantitative estimate of drug-likeness (QED) is 0.0476. The minimum absolute atomic E-state index is 0.301. The molecule has 1 saturated carbocycles. The van der Waals surface area contributed by atoms with Gasteiger partial charge in [-0.25, -0.2) is 9.78 Å². The Bertz CT molecular complexity index is 3060. The lowest BCUT2D eigenvalue weighted by molar-refractivity contribution is -0.689. The van der Waals surface area contributed by atoms with Crippen LogP contribution in [0.5, 0.6) is 5.75 Å². The van der Waals surface area contributed by atoms with Gasteiger partial charge in [0, 0.05) is 5.56 Å². The number of aromatic nitrogens is 2. The molecule has 0 saturated heterocycles. The van der Waals surface area contributed by atoms with Gasteiger partial charge in [0.25, 0.3) is 0 Å². The molecule has 6 aromatic carbocycles. The summed E-state index contributed by atoms with van der Waals surface area (Å²) in [5.74, 6) is 0.767. The summed E-state index contributed by atoms with van der Waals surface area (Å²) in [6.07, 6.45) is -43.1. The summed E-state index contributed by atoms with van der Waals surface area (Å²) in [5.41, 5.74) is -27.4. The van der Waals surface area contributed by atoms with Crippen LogP contribution in [0.1, 0.15) is 104 Å². The van der Waals surface area contributed by atoms with E-state index in [-0.39, 0.29) is 0 Å². The zero-order valence-corrected chi connectivity index (χ0v) is 42.5. The van der Waals surface area contributed by atoms with E-state index in [1.54, 1.807) is 12.4 Å². The third-order valence-corrected chi connectivity index (χ3v) is 13.8. The molecule has 0 atom stereocenters. The highest BCUT2D eigenvalue weighted by Crippen LogP contribution is 2.42. The number of carbonyl (C=O) groups is 1. The third-order valence-electron chi connectivity index (χ3n) is 13.8. The number of esters is 1. The number of hydrogen-bond donors (Lipinski definition) is 0. The van der Waals surface area contributed by atoms with E-state index in [2.05, 4.69) is 29.2 Å². The molecule has 1 aliphatic carbocycles. The second-order valence-corrected chi connectivity index (χ2v) is 19.6. The summed E-state index contributed by atoms with van der Waals surface area (Å²) in [4.78, 5) is 16.7. The molecule has 0 aliphatic heterocycles. The van der Waals surface area contributed by atoms with Crippen molar-refractivity contribution in [2.75, 3.05) is 0 Å². The van der Waals surface area contributed by atoms with Crippen LogP contribution in [-0.2, 0) is 56.0 Å². The van der Waals surface area contributed by atoms with E-state index in [0.717, 1.165) is 5.56 Å². The first-order chi connectivity index (χ1) is 39.0. The highest BCUT2D eigenvalue weighted by atomic mass is 19.4. The van der Waals surface area contributed by atoms with Gasteiger partial charge in [-0.05, 0) is 60.7 Å². The smallest absolute Gasteiger partial charge is 0.416 e. The SMILES string of the molecule is FC(F)(F)c1cc([B-](c2cc(C(F)(F)F)cc(C(F)(F)F)c2)(c2cc(C(F)(F)F)cc(C(F)(F)F)c2)c2cc(C(F)(F)F)cc(C(F)(F)F)c2)cc(C(F)(F)F)c1.O=C(Oc1ccc(C2CCCCC2)cc1)c1c[n+](Cc2ccccc2)ccn1. The minimum Gasteiger partial charge on any atom is -0.422 e. The van der Waals surface area contributed by atoms with Gasteiger partial charge in [0.2, 0.25) is 11.9 Å². The molecule has 0 radical (unpaired) electrons. The van der Waals surface area contributed by atoms with Crippen LogP contribution in [0.2, 0.25) is 0 Å². The molecule has 8 rings (SSSR count). The van der Waals surface area contributed by atoms with Gasteiger partial charge in [-0.3, -0.25) is 0 Å². The van der Waals surface area contributed by atoms with Crippen LogP contribution in [0, 0.1) is 0 Å². The van der Waals surface area contributed by atoms with Gasteiger partial charge in [-0.2, -0.15) is 132 Å². The lowest BCUT2D eigenvalue weighted by atomic mass is 9.12. The Labute approximate surface area is 464 Å². The van der Waals surface area contributed by atoms with Crippen LogP contribution in [0.25, 0.3) is 0 Å². The zero-order valence-electron chi connectivity index (χ0n) is 42.5. The van der Waals surface area contributed by atoms with Crippen LogP contribution >= 0.6 is 0 Å². The Morgan fingerprint density at radius 2 is 0.753 bits per heavy atom. The van der Waals surface area contributed by atoms with Crippen molar-refractivity contribution in [1.29, 1.82) is 0 Å². The number of nitrogens with zero attached hydrogens (tertiary/aromatic N) is 2. The topological polar surface area (TPSA) is 43.1 Å². The van der Waals surface area contributed by atoms with E-state index in [0.29, 0.717) is 23.9 Å². The van der Waals surface area contributed by atoms with Gasteiger partial charge in [0.1, 0.15) is 11.9 Å². The molecule has 0 N–H and O–H groups in total. The Kier molecular flexibility index (Phi) is 18.0. The Balaban J connectivity index is 0.000000306. The fourth-order valence-electron chi connectivity index (χ4n) is 9.90. The summed E-state index contributed by atoms with van der Waals surface area (Å²) in [6, 6.07) is 9.26. The maximum atomic E-state index is 14.2. The van der Waals surface area contributed by atoms with E-state index in [4.69, 9.17) is 4.74 Å². The highest BCUT2D eigenvalue weighted by Gasteiger charge is 2.47. The number of rotatable bonds is 9. The molecule has 29 heteroatoms. The predicted molar refractivity (Wildman–Crippen MR) is 257 cm³/mol. The van der Waals surface area contributed by atoms with Gasteiger partial charge in [-0.15, -0.1) is 0 Å². The number of ether oxygens (including phenoxy) is 1. The van der Waals surface area contributed by atoms with Crippen molar-refractivity contribution < 1.29 is 119 Å². The molecule has 1 heterocycles. The summed E-state index contributed by atoms with van der Waals surface area (Å²) in [6.45, 7) is 0.680. The number of halogens is 24. The van der Waals surface area contributed by atoms with Gasteiger partial charge < -0.3 is 4.74 Å². The second-order valence-electron chi connectivity index (χ2n) is 19.6. The van der Waals surface area contributed by atoms with Gasteiger partial charge in [-0.1, -0.05) is 110 Å². The monoisotopic (exact) mass is 1240 g/mol. The van der Waals surface area contributed by atoms with Crippen LogP contribution in [-0.4, -0.2) is 17.1 Å². The van der Waals surface area contributed by atoms with Crippen LogP contribution < -0.4 is 31.2 Å². The molecule has 0 amide bonds. The van der Waals surface area contributed by atoms with Crippen LogP contribution in [0.15, 0.2) is 146 Å². The average Bonchev–Trinajstić information content (AvgIpc) is 1.17. The van der Waals surface area contributed by atoms with Gasteiger partial charge in [0.05, 0.1) is 50.7 Å². The molecule has 0 unspecified atom stereocenters. The number of benzene rings is 6. The molecular weight excluding hydrogens is 1200 g/mol. The minimum atomic E-state index is -6.13. The van der Waals surface area contributed by atoms with Crippen LogP contribution in [0.3, 0.4) is 0 Å². The second kappa shape index (κ2) is 23.6. The molecule has 85 heavy (non-hydrogen) atoms. The summed E-state index contributed by atoms with van der Waals surface area (Å²) >= 11 is 0. The lowest BCUT2D eigenvalue weighted by Gasteiger charge is -2.46. The molecule has 1 aliphatic rings. The summed E-state index contributed by atoms with van der Waals surface area (Å²) < 4.78 is 348. The van der Waals surface area contributed by atoms with E-state index in [1.807, 2.05) is 41.1 Å². The standard InChI is InChI=1S/C32H12BF24.C24H25N2O2/c34-25(35,36)13-1-14(26(37,38)39)6-21(5-13)33(22-7-15(27(40,41)42)2-16(8-22)28(43,44)45,23-9-17(29(46,47)48)3-18(10-23)30(49,50)51)24-11-19(31(52,53)54)4-20(12-24)32(55,56)57;27-24(23-18-26(16-15-25-23)17-19-7-3-1-4-8-19)28-22-13-11-21(12-14-22)20-9-5-2-6-10-20/h1-12H;1,3-4,7-8,11-16,18,20H,2,5-6,9-10,17H2/q-1;+1.